The van der Waals surface area contributed by atoms with E-state index < -0.39 is 10.0 Å². The van der Waals surface area contributed by atoms with Crippen LogP contribution in [-0.2, 0) is 10.0 Å². The highest BCUT2D eigenvalue weighted by Crippen LogP contribution is 2.16. The van der Waals surface area contributed by atoms with Crippen molar-refractivity contribution in [1.82, 2.24) is 4.72 Å². The minimum absolute atomic E-state index is 0.0368. The third-order valence-corrected chi connectivity index (χ3v) is 4.41. The van der Waals surface area contributed by atoms with Crippen LogP contribution in [-0.4, -0.2) is 32.7 Å². The Labute approximate surface area is 115 Å². The quantitative estimate of drug-likeness (QED) is 0.708. The lowest BCUT2D eigenvalue weighted by molar-refractivity contribution is 0.249. The lowest BCUT2D eigenvalue weighted by Gasteiger charge is -2.21. The largest absolute Gasteiger partial charge is 0.394 e. The van der Waals surface area contributed by atoms with Gasteiger partial charge in [0.15, 0.2) is 0 Å². The zero-order chi connectivity index (χ0) is 14.5. The fourth-order valence-corrected chi connectivity index (χ4v) is 2.68. The average Bonchev–Trinajstić information content (AvgIpc) is 2.36. The Bertz CT molecular complexity index is 483. The molecular formula is C13H22N2O3S. The number of benzene rings is 1. The highest BCUT2D eigenvalue weighted by Gasteiger charge is 2.14. The molecule has 0 aromatic heterocycles. The number of anilines is 1. The predicted octanol–water partition coefficient (Wildman–Crippen LogP) is 1.41. The van der Waals surface area contributed by atoms with Gasteiger partial charge in [0, 0.05) is 12.2 Å². The van der Waals surface area contributed by atoms with E-state index in [0.29, 0.717) is 6.54 Å². The van der Waals surface area contributed by atoms with Crippen molar-refractivity contribution in [2.75, 3.05) is 18.5 Å². The van der Waals surface area contributed by atoms with Crippen LogP contribution in [0.3, 0.4) is 0 Å². The number of aliphatic hydroxyl groups excluding tert-OH is 1. The number of rotatable bonds is 7. The van der Waals surface area contributed by atoms with Crippen LogP contribution >= 0.6 is 0 Å². The van der Waals surface area contributed by atoms with Crippen molar-refractivity contribution in [2.45, 2.75) is 31.7 Å². The van der Waals surface area contributed by atoms with Crippen molar-refractivity contribution in [2.24, 2.45) is 5.92 Å². The zero-order valence-corrected chi connectivity index (χ0v) is 12.4. The van der Waals surface area contributed by atoms with Gasteiger partial charge in [-0.05, 0) is 30.2 Å². The van der Waals surface area contributed by atoms with Crippen molar-refractivity contribution in [3.63, 3.8) is 0 Å². The maximum Gasteiger partial charge on any atom is 0.240 e. The Morgan fingerprint density at radius 1 is 1.21 bits per heavy atom. The van der Waals surface area contributed by atoms with Crippen molar-refractivity contribution in [1.29, 1.82) is 0 Å². The third kappa shape index (κ3) is 4.49. The molecule has 0 heterocycles. The van der Waals surface area contributed by atoms with Crippen LogP contribution < -0.4 is 10.0 Å². The van der Waals surface area contributed by atoms with E-state index in [1.807, 2.05) is 13.8 Å². The summed E-state index contributed by atoms with van der Waals surface area (Å²) in [5.74, 6) is 0.287. The van der Waals surface area contributed by atoms with Crippen LogP contribution in [0.25, 0.3) is 0 Å². The Kier molecular flexibility index (Phi) is 5.78. The van der Waals surface area contributed by atoms with Gasteiger partial charge < -0.3 is 10.4 Å². The normalized spacial score (nSPS) is 13.5. The van der Waals surface area contributed by atoms with E-state index in [0.717, 1.165) is 5.69 Å². The molecule has 0 aliphatic rings. The molecule has 1 rings (SSSR count). The van der Waals surface area contributed by atoms with Crippen molar-refractivity contribution in [3.05, 3.63) is 24.3 Å². The molecule has 1 aromatic rings. The Hall–Kier alpha value is -1.11. The molecule has 0 amide bonds. The van der Waals surface area contributed by atoms with Gasteiger partial charge in [-0.1, -0.05) is 20.8 Å². The van der Waals surface area contributed by atoms with E-state index in [1.54, 1.807) is 31.2 Å². The SMILES string of the molecule is CCNS(=O)(=O)c1ccc(NC(CO)C(C)C)cc1. The second-order valence-electron chi connectivity index (χ2n) is 4.70. The lowest BCUT2D eigenvalue weighted by atomic mass is 10.1. The molecule has 1 atom stereocenters. The second kappa shape index (κ2) is 6.88. The van der Waals surface area contributed by atoms with Crippen LogP contribution in [0, 0.1) is 5.92 Å². The summed E-state index contributed by atoms with van der Waals surface area (Å²) in [5, 5.41) is 12.4. The first-order valence-corrected chi connectivity index (χ1v) is 7.86. The number of aliphatic hydroxyl groups is 1. The summed E-state index contributed by atoms with van der Waals surface area (Å²) in [6.07, 6.45) is 0. The van der Waals surface area contributed by atoms with Crippen molar-refractivity contribution < 1.29 is 13.5 Å². The number of hydrogen-bond donors (Lipinski definition) is 3. The van der Waals surface area contributed by atoms with E-state index in [1.165, 1.54) is 0 Å². The Morgan fingerprint density at radius 2 is 1.79 bits per heavy atom. The van der Waals surface area contributed by atoms with Crippen LogP contribution in [0.4, 0.5) is 5.69 Å². The van der Waals surface area contributed by atoms with E-state index in [-0.39, 0.29) is 23.5 Å². The molecule has 108 valence electrons. The van der Waals surface area contributed by atoms with Gasteiger partial charge in [0.25, 0.3) is 0 Å². The first-order valence-electron chi connectivity index (χ1n) is 6.37. The molecule has 5 nitrogen and oxygen atoms in total. The summed E-state index contributed by atoms with van der Waals surface area (Å²) < 4.78 is 26.0. The minimum atomic E-state index is -3.40. The van der Waals surface area contributed by atoms with Gasteiger partial charge in [-0.2, -0.15) is 0 Å². The molecular weight excluding hydrogens is 264 g/mol. The fourth-order valence-electron chi connectivity index (χ4n) is 1.64. The summed E-state index contributed by atoms with van der Waals surface area (Å²) >= 11 is 0. The summed E-state index contributed by atoms with van der Waals surface area (Å²) in [4.78, 5) is 0.241. The topological polar surface area (TPSA) is 78.4 Å². The van der Waals surface area contributed by atoms with Gasteiger partial charge in [0.1, 0.15) is 0 Å². The maximum atomic E-state index is 11.8. The smallest absolute Gasteiger partial charge is 0.240 e. The van der Waals surface area contributed by atoms with Gasteiger partial charge in [-0.15, -0.1) is 0 Å². The summed E-state index contributed by atoms with van der Waals surface area (Å²) in [6.45, 7) is 6.16. The van der Waals surface area contributed by atoms with Crippen LogP contribution in [0.15, 0.2) is 29.2 Å². The molecule has 19 heavy (non-hydrogen) atoms. The number of sulfonamides is 1. The summed E-state index contributed by atoms with van der Waals surface area (Å²) in [6, 6.07) is 6.46. The zero-order valence-electron chi connectivity index (χ0n) is 11.6. The standard InChI is InChI=1S/C13H22N2O3S/c1-4-14-19(17,18)12-7-5-11(6-8-12)15-13(9-16)10(2)3/h5-8,10,13-16H,4,9H2,1-3H3. The van der Waals surface area contributed by atoms with Gasteiger partial charge >= 0.3 is 0 Å². The molecule has 0 aliphatic heterocycles. The monoisotopic (exact) mass is 286 g/mol. The van der Waals surface area contributed by atoms with Gasteiger partial charge in [-0.3, -0.25) is 0 Å². The molecule has 0 fully saturated rings. The molecule has 1 aromatic carbocycles. The maximum absolute atomic E-state index is 11.8. The minimum Gasteiger partial charge on any atom is -0.394 e. The highest BCUT2D eigenvalue weighted by molar-refractivity contribution is 7.89. The molecule has 1 unspecified atom stereocenters. The lowest BCUT2D eigenvalue weighted by Crippen LogP contribution is -2.29. The molecule has 0 aliphatic carbocycles. The fraction of sp³-hybridized carbons (Fsp3) is 0.538. The van der Waals surface area contributed by atoms with E-state index in [9.17, 15) is 13.5 Å². The number of nitrogens with one attached hydrogen (secondary N) is 2. The molecule has 6 heteroatoms. The second-order valence-corrected chi connectivity index (χ2v) is 6.47. The number of hydrogen-bond acceptors (Lipinski definition) is 4. The van der Waals surface area contributed by atoms with Crippen LogP contribution in [0.5, 0.6) is 0 Å². The van der Waals surface area contributed by atoms with Crippen LogP contribution in [0.1, 0.15) is 20.8 Å². The molecule has 0 spiro atoms. The van der Waals surface area contributed by atoms with Crippen LogP contribution in [0.2, 0.25) is 0 Å². The van der Waals surface area contributed by atoms with Crippen molar-refractivity contribution in [3.8, 4) is 0 Å². The first kappa shape index (κ1) is 15.9. The van der Waals surface area contributed by atoms with Gasteiger partial charge in [0.2, 0.25) is 10.0 Å². The average molecular weight is 286 g/mol. The molecule has 0 radical (unpaired) electrons. The Morgan fingerprint density at radius 3 is 2.21 bits per heavy atom. The Balaban J connectivity index is 2.82. The van der Waals surface area contributed by atoms with Crippen molar-refractivity contribution >= 4 is 15.7 Å². The van der Waals surface area contributed by atoms with Gasteiger partial charge in [-0.25, -0.2) is 13.1 Å². The summed E-state index contributed by atoms with van der Waals surface area (Å²) in [5.41, 5.74) is 0.795. The molecule has 0 bridgehead atoms. The predicted molar refractivity (Wildman–Crippen MR) is 76.6 cm³/mol. The molecule has 0 saturated heterocycles. The highest BCUT2D eigenvalue weighted by atomic mass is 32.2. The molecule has 3 N–H and O–H groups in total. The first-order chi connectivity index (χ1) is 8.90. The van der Waals surface area contributed by atoms with E-state index >= 15 is 0 Å². The molecule has 0 saturated carbocycles. The van der Waals surface area contributed by atoms with E-state index in [4.69, 9.17) is 0 Å². The summed E-state index contributed by atoms with van der Waals surface area (Å²) in [7, 11) is -3.40. The van der Waals surface area contributed by atoms with E-state index in [2.05, 4.69) is 10.0 Å². The van der Waals surface area contributed by atoms with Gasteiger partial charge in [0.05, 0.1) is 17.5 Å². The third-order valence-electron chi connectivity index (χ3n) is 2.85.